The van der Waals surface area contributed by atoms with Crippen molar-refractivity contribution in [2.45, 2.75) is 24.7 Å². The molecule has 2 unspecified atom stereocenters. The Morgan fingerprint density at radius 1 is 1.00 bits per heavy atom. The molecule has 1 aromatic heterocycles. The Balaban J connectivity index is 1.34. The van der Waals surface area contributed by atoms with E-state index in [-0.39, 0.29) is 12.6 Å². The first kappa shape index (κ1) is 21.2. The summed E-state index contributed by atoms with van der Waals surface area (Å²) in [6.07, 6.45) is 3.09. The molecule has 1 aliphatic heterocycles. The van der Waals surface area contributed by atoms with Crippen molar-refractivity contribution < 1.29 is 14.7 Å². The molecule has 0 aliphatic carbocycles. The van der Waals surface area contributed by atoms with Gasteiger partial charge in [-0.15, -0.1) is 0 Å². The van der Waals surface area contributed by atoms with Gasteiger partial charge in [-0.2, -0.15) is 5.10 Å². The summed E-state index contributed by atoms with van der Waals surface area (Å²) < 4.78 is 7.43. The first-order valence-electron chi connectivity index (χ1n) is 10.5. The first-order chi connectivity index (χ1) is 16.1. The molecule has 7 nitrogen and oxygen atoms in total. The van der Waals surface area contributed by atoms with E-state index in [0.717, 1.165) is 17.1 Å². The molecule has 2 heterocycles. The van der Waals surface area contributed by atoms with Crippen molar-refractivity contribution in [1.29, 1.82) is 0 Å². The average Bonchev–Trinajstić information content (AvgIpc) is 3.53. The first-order valence-corrected chi connectivity index (χ1v) is 10.8. The Morgan fingerprint density at radius 2 is 1.73 bits per heavy atom. The van der Waals surface area contributed by atoms with Crippen molar-refractivity contribution in [3.05, 3.63) is 108 Å². The SMILES string of the molecule is OC(Cn1cncn1)(C1=NOC(c2ccc(Oc3ccccc3)cc2)C1)c1ccc(Cl)cc1. The lowest BCUT2D eigenvalue weighted by Crippen LogP contribution is -2.39. The van der Waals surface area contributed by atoms with Crippen LogP contribution in [-0.4, -0.2) is 25.6 Å². The van der Waals surface area contributed by atoms with E-state index in [0.29, 0.717) is 22.7 Å². The lowest BCUT2D eigenvalue weighted by Gasteiger charge is -2.28. The number of ether oxygens (including phenoxy) is 1. The molecule has 1 aliphatic rings. The molecule has 0 saturated carbocycles. The number of para-hydroxylation sites is 1. The number of nitrogens with zero attached hydrogens (tertiary/aromatic N) is 4. The van der Waals surface area contributed by atoms with E-state index in [9.17, 15) is 5.11 Å². The van der Waals surface area contributed by atoms with Gasteiger partial charge in [0.05, 0.1) is 12.3 Å². The predicted molar refractivity (Wildman–Crippen MR) is 124 cm³/mol. The molecule has 2 atom stereocenters. The molecular formula is C25H21ClN4O3. The van der Waals surface area contributed by atoms with Crippen molar-refractivity contribution in [1.82, 2.24) is 14.8 Å². The molecule has 8 heteroatoms. The van der Waals surface area contributed by atoms with E-state index in [1.54, 1.807) is 35.3 Å². The summed E-state index contributed by atoms with van der Waals surface area (Å²) in [6.45, 7) is 0.146. The van der Waals surface area contributed by atoms with Crippen LogP contribution in [0.3, 0.4) is 0 Å². The highest BCUT2D eigenvalue weighted by molar-refractivity contribution is 6.30. The number of benzene rings is 3. The fraction of sp³-hybridized carbons (Fsp3) is 0.160. The van der Waals surface area contributed by atoms with Gasteiger partial charge >= 0.3 is 0 Å². The molecule has 0 radical (unpaired) electrons. The second-order valence-electron chi connectivity index (χ2n) is 7.78. The van der Waals surface area contributed by atoms with Crippen LogP contribution in [0.2, 0.25) is 5.02 Å². The Labute approximate surface area is 195 Å². The van der Waals surface area contributed by atoms with Gasteiger partial charge in [0.1, 0.15) is 24.2 Å². The molecule has 0 bridgehead atoms. The zero-order chi connectivity index (χ0) is 22.7. The quantitative estimate of drug-likeness (QED) is 0.413. The van der Waals surface area contributed by atoms with Crippen LogP contribution in [0.5, 0.6) is 11.5 Å². The summed E-state index contributed by atoms with van der Waals surface area (Å²) in [7, 11) is 0. The Bertz CT molecular complexity index is 1230. The summed E-state index contributed by atoms with van der Waals surface area (Å²) in [5, 5.41) is 20.8. The van der Waals surface area contributed by atoms with Gasteiger partial charge < -0.3 is 14.7 Å². The van der Waals surface area contributed by atoms with E-state index in [2.05, 4.69) is 15.2 Å². The maximum Gasteiger partial charge on any atom is 0.158 e. The number of aliphatic hydroxyl groups is 1. The normalized spacial score (nSPS) is 17.2. The minimum atomic E-state index is -1.43. The third kappa shape index (κ3) is 4.60. The van der Waals surface area contributed by atoms with Gasteiger partial charge in [-0.3, -0.25) is 0 Å². The molecule has 3 aromatic carbocycles. The van der Waals surface area contributed by atoms with Crippen LogP contribution in [0.1, 0.15) is 23.7 Å². The number of rotatable bonds is 7. The molecule has 4 aromatic rings. The minimum Gasteiger partial charge on any atom is -0.457 e. The fourth-order valence-electron chi connectivity index (χ4n) is 3.80. The van der Waals surface area contributed by atoms with Crippen LogP contribution in [0, 0.1) is 0 Å². The number of aromatic nitrogens is 3. The monoisotopic (exact) mass is 460 g/mol. The Hall–Kier alpha value is -3.68. The summed E-state index contributed by atoms with van der Waals surface area (Å²) in [6, 6.07) is 24.3. The van der Waals surface area contributed by atoms with Gasteiger partial charge in [0.25, 0.3) is 0 Å². The third-order valence-electron chi connectivity index (χ3n) is 5.56. The molecular weight excluding hydrogens is 440 g/mol. The zero-order valence-corrected chi connectivity index (χ0v) is 18.3. The standard InChI is InChI=1S/C25H21ClN4O3/c26-20-10-8-19(9-11-20)25(31,15-30-17-27-16-28-30)24-14-23(33-29-24)18-6-12-22(13-7-18)32-21-4-2-1-3-5-21/h1-13,16-17,23,31H,14-15H2. The number of hydrogen-bond donors (Lipinski definition) is 1. The van der Waals surface area contributed by atoms with Crippen molar-refractivity contribution in [3.63, 3.8) is 0 Å². The topological polar surface area (TPSA) is 81.8 Å². The lowest BCUT2D eigenvalue weighted by molar-refractivity contribution is 0.0788. The zero-order valence-electron chi connectivity index (χ0n) is 17.6. The van der Waals surface area contributed by atoms with Crippen molar-refractivity contribution >= 4 is 17.3 Å². The summed E-state index contributed by atoms with van der Waals surface area (Å²) in [4.78, 5) is 9.71. The second-order valence-corrected chi connectivity index (χ2v) is 8.22. The van der Waals surface area contributed by atoms with Crippen LogP contribution in [-0.2, 0) is 17.0 Å². The second kappa shape index (κ2) is 9.05. The minimum absolute atomic E-state index is 0.146. The lowest BCUT2D eigenvalue weighted by atomic mass is 9.85. The third-order valence-corrected chi connectivity index (χ3v) is 5.81. The highest BCUT2D eigenvalue weighted by atomic mass is 35.5. The van der Waals surface area contributed by atoms with E-state index in [1.807, 2.05) is 54.6 Å². The van der Waals surface area contributed by atoms with E-state index in [4.69, 9.17) is 21.2 Å². The molecule has 1 N–H and O–H groups in total. The molecule has 0 saturated heterocycles. The van der Waals surface area contributed by atoms with Gasteiger partial charge in [0.2, 0.25) is 0 Å². The smallest absolute Gasteiger partial charge is 0.158 e. The van der Waals surface area contributed by atoms with Crippen LogP contribution < -0.4 is 4.74 Å². The van der Waals surface area contributed by atoms with E-state index in [1.165, 1.54) is 6.33 Å². The van der Waals surface area contributed by atoms with Crippen molar-refractivity contribution in [2.24, 2.45) is 5.16 Å². The van der Waals surface area contributed by atoms with Gasteiger partial charge in [-0.1, -0.05) is 59.2 Å². The molecule has 33 heavy (non-hydrogen) atoms. The highest BCUT2D eigenvalue weighted by Gasteiger charge is 2.41. The maximum atomic E-state index is 11.8. The predicted octanol–water partition coefficient (Wildman–Crippen LogP) is 5.13. The van der Waals surface area contributed by atoms with Crippen LogP contribution in [0.25, 0.3) is 0 Å². The highest BCUT2D eigenvalue weighted by Crippen LogP contribution is 2.37. The molecule has 0 amide bonds. The Kier molecular flexibility index (Phi) is 5.81. The van der Waals surface area contributed by atoms with Gasteiger partial charge in [0, 0.05) is 11.4 Å². The van der Waals surface area contributed by atoms with Gasteiger partial charge in [0.15, 0.2) is 11.7 Å². The molecule has 0 fully saturated rings. The maximum absolute atomic E-state index is 11.8. The van der Waals surface area contributed by atoms with Crippen molar-refractivity contribution in [3.8, 4) is 11.5 Å². The molecule has 166 valence electrons. The van der Waals surface area contributed by atoms with E-state index < -0.39 is 5.60 Å². The summed E-state index contributed by atoms with van der Waals surface area (Å²) in [5.41, 5.74) is 0.670. The van der Waals surface area contributed by atoms with Crippen LogP contribution >= 0.6 is 11.6 Å². The molecule has 5 rings (SSSR count). The fourth-order valence-corrected chi connectivity index (χ4v) is 3.93. The summed E-state index contributed by atoms with van der Waals surface area (Å²) in [5.74, 6) is 1.50. The largest absolute Gasteiger partial charge is 0.457 e. The number of halogens is 1. The number of oxime groups is 1. The Morgan fingerprint density at radius 3 is 2.42 bits per heavy atom. The van der Waals surface area contributed by atoms with Crippen LogP contribution in [0.15, 0.2) is 96.7 Å². The van der Waals surface area contributed by atoms with Crippen molar-refractivity contribution in [2.75, 3.05) is 0 Å². The number of hydrogen-bond acceptors (Lipinski definition) is 6. The van der Waals surface area contributed by atoms with Gasteiger partial charge in [-0.25, -0.2) is 9.67 Å². The van der Waals surface area contributed by atoms with E-state index >= 15 is 0 Å². The van der Waals surface area contributed by atoms with Gasteiger partial charge in [-0.05, 0) is 47.5 Å². The van der Waals surface area contributed by atoms with Crippen LogP contribution in [0.4, 0.5) is 0 Å². The average molecular weight is 461 g/mol. The molecule has 0 spiro atoms. The summed E-state index contributed by atoms with van der Waals surface area (Å²) >= 11 is 6.06.